The molecule has 0 aromatic carbocycles. The number of carbonyl (C=O) groups is 4. The van der Waals surface area contributed by atoms with Crippen LogP contribution in [-0.4, -0.2) is 23.1 Å². The lowest BCUT2D eigenvalue weighted by atomic mass is 9.74. The first-order chi connectivity index (χ1) is 7.50. The molecule has 0 aromatic heterocycles. The summed E-state index contributed by atoms with van der Waals surface area (Å²) in [5, 5.41) is 0. The average molecular weight is 222 g/mol. The minimum absolute atomic E-state index is 0.0407. The van der Waals surface area contributed by atoms with Crippen molar-refractivity contribution in [2.24, 2.45) is 17.8 Å². The SMILES string of the molecule is CC1C(=O)C(=O)CC1C1CC(=O)CCC1=O. The normalized spacial score (nSPS) is 35.9. The van der Waals surface area contributed by atoms with E-state index in [1.807, 2.05) is 0 Å². The van der Waals surface area contributed by atoms with E-state index in [1.165, 1.54) is 0 Å². The summed E-state index contributed by atoms with van der Waals surface area (Å²) in [6.45, 7) is 1.68. The van der Waals surface area contributed by atoms with Crippen LogP contribution >= 0.6 is 0 Å². The third-order valence-electron chi connectivity index (χ3n) is 3.78. The monoisotopic (exact) mass is 222 g/mol. The molecule has 4 heteroatoms. The predicted molar refractivity (Wildman–Crippen MR) is 54.6 cm³/mol. The van der Waals surface area contributed by atoms with E-state index >= 15 is 0 Å². The van der Waals surface area contributed by atoms with Crippen LogP contribution in [0.3, 0.4) is 0 Å². The van der Waals surface area contributed by atoms with Gasteiger partial charge in [0.2, 0.25) is 5.78 Å². The molecular formula is C12H14O4. The molecular weight excluding hydrogens is 208 g/mol. The molecule has 86 valence electrons. The van der Waals surface area contributed by atoms with Crippen molar-refractivity contribution in [2.75, 3.05) is 0 Å². The van der Waals surface area contributed by atoms with Gasteiger partial charge >= 0.3 is 0 Å². The van der Waals surface area contributed by atoms with Crippen molar-refractivity contribution >= 4 is 23.1 Å². The fourth-order valence-electron chi connectivity index (χ4n) is 2.73. The minimum Gasteiger partial charge on any atom is -0.300 e. The maximum atomic E-state index is 11.7. The summed E-state index contributed by atoms with van der Waals surface area (Å²) in [6.07, 6.45) is 0.950. The second kappa shape index (κ2) is 3.92. The molecule has 16 heavy (non-hydrogen) atoms. The zero-order chi connectivity index (χ0) is 11.9. The van der Waals surface area contributed by atoms with Gasteiger partial charge in [-0.3, -0.25) is 19.2 Å². The van der Waals surface area contributed by atoms with Crippen molar-refractivity contribution in [3.05, 3.63) is 0 Å². The fourth-order valence-corrected chi connectivity index (χ4v) is 2.73. The van der Waals surface area contributed by atoms with Crippen LogP contribution in [-0.2, 0) is 19.2 Å². The highest BCUT2D eigenvalue weighted by Gasteiger charge is 2.45. The first-order valence-corrected chi connectivity index (χ1v) is 5.62. The molecule has 0 bridgehead atoms. The fraction of sp³-hybridized carbons (Fsp3) is 0.667. The summed E-state index contributed by atoms with van der Waals surface area (Å²) in [5.74, 6) is -1.68. The summed E-state index contributed by atoms with van der Waals surface area (Å²) in [7, 11) is 0. The van der Waals surface area contributed by atoms with E-state index in [4.69, 9.17) is 0 Å². The van der Waals surface area contributed by atoms with Crippen molar-refractivity contribution < 1.29 is 19.2 Å². The largest absolute Gasteiger partial charge is 0.300 e. The van der Waals surface area contributed by atoms with Crippen LogP contribution in [0.4, 0.5) is 0 Å². The van der Waals surface area contributed by atoms with Gasteiger partial charge in [-0.1, -0.05) is 6.92 Å². The number of rotatable bonds is 1. The quantitative estimate of drug-likeness (QED) is 0.613. The summed E-state index contributed by atoms with van der Waals surface area (Å²) in [4.78, 5) is 45.7. The van der Waals surface area contributed by atoms with Crippen LogP contribution in [0.1, 0.15) is 32.6 Å². The molecule has 3 atom stereocenters. The smallest absolute Gasteiger partial charge is 0.201 e. The zero-order valence-electron chi connectivity index (χ0n) is 9.19. The molecule has 0 saturated heterocycles. The van der Waals surface area contributed by atoms with Gasteiger partial charge in [0, 0.05) is 37.5 Å². The summed E-state index contributed by atoms with van der Waals surface area (Å²) >= 11 is 0. The van der Waals surface area contributed by atoms with Gasteiger partial charge in [0.1, 0.15) is 11.6 Å². The highest BCUT2D eigenvalue weighted by atomic mass is 16.2. The lowest BCUT2D eigenvalue weighted by molar-refractivity contribution is -0.136. The van der Waals surface area contributed by atoms with Crippen molar-refractivity contribution in [3.63, 3.8) is 0 Å². The van der Waals surface area contributed by atoms with Crippen LogP contribution in [0.2, 0.25) is 0 Å². The van der Waals surface area contributed by atoms with Crippen molar-refractivity contribution in [1.82, 2.24) is 0 Å². The minimum atomic E-state index is -0.397. The summed E-state index contributed by atoms with van der Waals surface area (Å²) in [5.41, 5.74) is 0. The van der Waals surface area contributed by atoms with Gasteiger partial charge in [0.25, 0.3) is 0 Å². The molecule has 3 unspecified atom stereocenters. The van der Waals surface area contributed by atoms with Gasteiger partial charge in [0.05, 0.1) is 0 Å². The second-order valence-corrected chi connectivity index (χ2v) is 4.76. The topological polar surface area (TPSA) is 68.3 Å². The van der Waals surface area contributed by atoms with Gasteiger partial charge in [-0.05, 0) is 5.92 Å². The number of carbonyl (C=O) groups excluding carboxylic acids is 4. The first kappa shape index (κ1) is 11.2. The van der Waals surface area contributed by atoms with Gasteiger partial charge in [-0.15, -0.1) is 0 Å². The molecule has 0 aliphatic heterocycles. The molecule has 0 N–H and O–H groups in total. The predicted octanol–water partition coefficient (Wildman–Crippen LogP) is 0.719. The molecule has 4 nitrogen and oxygen atoms in total. The third kappa shape index (κ3) is 1.72. The van der Waals surface area contributed by atoms with Gasteiger partial charge in [-0.2, -0.15) is 0 Å². The lowest BCUT2D eigenvalue weighted by Crippen LogP contribution is -2.33. The molecule has 2 aliphatic rings. The lowest BCUT2D eigenvalue weighted by Gasteiger charge is -2.26. The molecule has 2 aliphatic carbocycles. The summed E-state index contributed by atoms with van der Waals surface area (Å²) in [6, 6.07) is 0. The molecule has 2 saturated carbocycles. The van der Waals surface area contributed by atoms with E-state index in [0.717, 1.165) is 0 Å². The van der Waals surface area contributed by atoms with E-state index in [-0.39, 0.29) is 48.3 Å². The number of hydrogen-bond acceptors (Lipinski definition) is 4. The Morgan fingerprint density at radius 2 is 1.69 bits per heavy atom. The Bertz CT molecular complexity index is 382. The van der Waals surface area contributed by atoms with Crippen LogP contribution in [0.15, 0.2) is 0 Å². The van der Waals surface area contributed by atoms with Gasteiger partial charge in [0.15, 0.2) is 5.78 Å². The third-order valence-corrected chi connectivity index (χ3v) is 3.78. The molecule has 0 amide bonds. The van der Waals surface area contributed by atoms with Crippen molar-refractivity contribution in [2.45, 2.75) is 32.6 Å². The maximum Gasteiger partial charge on any atom is 0.201 e. The van der Waals surface area contributed by atoms with Crippen LogP contribution in [0.25, 0.3) is 0 Å². The van der Waals surface area contributed by atoms with E-state index in [0.29, 0.717) is 6.42 Å². The van der Waals surface area contributed by atoms with Gasteiger partial charge < -0.3 is 0 Å². The van der Waals surface area contributed by atoms with E-state index in [9.17, 15) is 19.2 Å². The Kier molecular flexibility index (Phi) is 2.74. The standard InChI is InChI=1S/C12H14O4/c1-6-8(5-11(15)12(6)16)9-4-7(13)2-3-10(9)14/h6,8-9H,2-5H2,1H3. The van der Waals surface area contributed by atoms with Crippen molar-refractivity contribution in [1.29, 1.82) is 0 Å². The average Bonchev–Trinajstić information content (AvgIpc) is 2.50. The Labute approximate surface area is 93.4 Å². The first-order valence-electron chi connectivity index (χ1n) is 5.62. The molecule has 0 spiro atoms. The van der Waals surface area contributed by atoms with Gasteiger partial charge in [-0.25, -0.2) is 0 Å². The number of ketones is 4. The Hall–Kier alpha value is -1.32. The van der Waals surface area contributed by atoms with Crippen LogP contribution < -0.4 is 0 Å². The summed E-state index contributed by atoms with van der Waals surface area (Å²) < 4.78 is 0. The Morgan fingerprint density at radius 3 is 2.25 bits per heavy atom. The maximum absolute atomic E-state index is 11.7. The van der Waals surface area contributed by atoms with Crippen LogP contribution in [0.5, 0.6) is 0 Å². The molecule has 2 rings (SSSR count). The second-order valence-electron chi connectivity index (χ2n) is 4.76. The number of Topliss-reactive ketones (excluding diaryl/α,β-unsaturated/α-hetero) is 4. The Balaban J connectivity index is 2.18. The highest BCUT2D eigenvalue weighted by molar-refractivity contribution is 6.40. The van der Waals surface area contributed by atoms with E-state index in [2.05, 4.69) is 0 Å². The highest BCUT2D eigenvalue weighted by Crippen LogP contribution is 2.37. The van der Waals surface area contributed by atoms with E-state index < -0.39 is 11.8 Å². The van der Waals surface area contributed by atoms with E-state index in [1.54, 1.807) is 6.92 Å². The zero-order valence-corrected chi connectivity index (χ0v) is 9.19. The molecule has 2 fully saturated rings. The Morgan fingerprint density at radius 1 is 1.00 bits per heavy atom. The molecule has 0 heterocycles. The molecule has 0 radical (unpaired) electrons. The van der Waals surface area contributed by atoms with Crippen LogP contribution in [0, 0.1) is 17.8 Å². The molecule has 0 aromatic rings. The number of hydrogen-bond donors (Lipinski definition) is 0. The van der Waals surface area contributed by atoms with Crippen molar-refractivity contribution in [3.8, 4) is 0 Å².